The fraction of sp³-hybridized carbons (Fsp3) is 0. The van der Waals surface area contributed by atoms with E-state index in [1.165, 1.54) is 0 Å². The van der Waals surface area contributed by atoms with Crippen molar-refractivity contribution in [2.24, 2.45) is 0 Å². The average molecular weight is 142 g/mol. The molecule has 7 heavy (non-hydrogen) atoms. The SMILES string of the molecule is O.O=S(=O)(O)O.[H+].[H+].[H-].[Na+]. The molecule has 0 radical (unpaired) electrons. The number of rotatable bonds is 0. The molecule has 0 saturated heterocycles. The number of hydrogen-bond donors (Lipinski definition) is 2. The Morgan fingerprint density at radius 1 is 1.43 bits per heavy atom. The molecule has 4 N–H and O–H groups in total. The topological polar surface area (TPSA) is 106 Å². The van der Waals surface area contributed by atoms with Crippen LogP contribution in [0.15, 0.2) is 0 Å². The molecule has 0 fully saturated rings. The molecule has 7 heteroatoms. The van der Waals surface area contributed by atoms with Crippen molar-refractivity contribution in [3.63, 3.8) is 0 Å². The zero-order valence-corrected chi connectivity index (χ0v) is 6.44. The zero-order chi connectivity index (χ0) is 4.50. The van der Waals surface area contributed by atoms with Crippen LogP contribution >= 0.6 is 0 Å². The van der Waals surface area contributed by atoms with E-state index in [0.717, 1.165) is 0 Å². The molecule has 0 aliphatic heterocycles. The minimum absolute atomic E-state index is 0. The largest absolute Gasteiger partial charge is 1.00 e. The monoisotopic (exact) mass is 142 g/mol. The molecule has 0 aromatic carbocycles. The van der Waals surface area contributed by atoms with Crippen LogP contribution in [0.3, 0.4) is 0 Å². The van der Waals surface area contributed by atoms with Crippen LogP contribution < -0.4 is 29.6 Å². The Kier molecular flexibility index (Phi) is 11.1. The van der Waals surface area contributed by atoms with Gasteiger partial charge in [-0.3, -0.25) is 9.11 Å². The quantitative estimate of drug-likeness (QED) is 0.264. The summed E-state index contributed by atoms with van der Waals surface area (Å²) in [5.74, 6) is 0. The molecule has 5 nitrogen and oxygen atoms in total. The smallest absolute Gasteiger partial charge is 1.00 e. The van der Waals surface area contributed by atoms with Crippen LogP contribution in [0.25, 0.3) is 0 Å². The molecule has 0 aliphatic carbocycles. The third kappa shape index (κ3) is 231. The Morgan fingerprint density at radius 2 is 1.43 bits per heavy atom. The Balaban J connectivity index is -0.00000000800. The Hall–Kier alpha value is 0.830. The van der Waals surface area contributed by atoms with Crippen LogP contribution in [0.1, 0.15) is 4.28 Å². The third-order valence-electron chi connectivity index (χ3n) is 0. The van der Waals surface area contributed by atoms with Crippen LogP contribution in [0, 0.1) is 0 Å². The summed E-state index contributed by atoms with van der Waals surface area (Å²) in [6.45, 7) is 0. The molecular formula is H7NaO5S+2. The molecule has 0 aromatic heterocycles. The van der Waals surface area contributed by atoms with Crippen molar-refractivity contribution in [2.75, 3.05) is 0 Å². The van der Waals surface area contributed by atoms with Crippen LogP contribution in [-0.4, -0.2) is 23.0 Å². The summed E-state index contributed by atoms with van der Waals surface area (Å²) in [5, 5.41) is 0. The van der Waals surface area contributed by atoms with Gasteiger partial charge >= 0.3 is 42.8 Å². The van der Waals surface area contributed by atoms with Crippen molar-refractivity contribution in [3.8, 4) is 0 Å². The standard InChI is InChI=1S/Na.H2O4S.H2O.H/c;1-5(2,3)4;;/h;(H2,1,2,3,4);1H2;/q+1;;;-1/p+2. The molecule has 0 heterocycles. The maximum absolute atomic E-state index is 8.74. The van der Waals surface area contributed by atoms with E-state index in [1.54, 1.807) is 0 Å². The second-order valence-electron chi connectivity index (χ2n) is 0.448. The molecule has 0 amide bonds. The summed E-state index contributed by atoms with van der Waals surface area (Å²) >= 11 is 0. The van der Waals surface area contributed by atoms with Crippen molar-refractivity contribution in [1.29, 1.82) is 0 Å². The Labute approximate surface area is 67.4 Å². The summed E-state index contributed by atoms with van der Waals surface area (Å²) in [5.41, 5.74) is 0. The molecule has 42 valence electrons. The fourth-order valence-corrected chi connectivity index (χ4v) is 0. The minimum Gasteiger partial charge on any atom is -1.00 e. The van der Waals surface area contributed by atoms with Crippen molar-refractivity contribution in [3.05, 3.63) is 0 Å². The van der Waals surface area contributed by atoms with E-state index in [0.29, 0.717) is 0 Å². The fourth-order valence-electron chi connectivity index (χ4n) is 0. The van der Waals surface area contributed by atoms with Gasteiger partial charge in [0.1, 0.15) is 0 Å². The second kappa shape index (κ2) is 4.98. The summed E-state index contributed by atoms with van der Waals surface area (Å²) in [4.78, 5) is 0. The predicted octanol–water partition coefficient (Wildman–Crippen LogP) is -4.14. The molecule has 0 aliphatic rings. The molecule has 0 atom stereocenters. The molecule has 0 bridgehead atoms. The third-order valence-corrected chi connectivity index (χ3v) is 0. The Bertz CT molecular complexity index is 100. The van der Waals surface area contributed by atoms with Crippen molar-refractivity contribution >= 4 is 10.4 Å². The Morgan fingerprint density at radius 3 is 1.43 bits per heavy atom. The van der Waals surface area contributed by atoms with E-state index in [9.17, 15) is 0 Å². The molecular weight excluding hydrogens is 135 g/mol. The maximum Gasteiger partial charge on any atom is 1.00 e. The predicted molar refractivity (Wildman–Crippen MR) is 21.1 cm³/mol. The van der Waals surface area contributed by atoms with Gasteiger partial charge in [0, 0.05) is 0 Å². The first-order valence-corrected chi connectivity index (χ1v) is 2.10. The van der Waals surface area contributed by atoms with Gasteiger partial charge in [0.25, 0.3) is 0 Å². The molecule has 0 unspecified atom stereocenters. The minimum atomic E-state index is -4.67. The normalized spacial score (nSPS) is 8.29. The number of hydrogen-bond acceptors (Lipinski definition) is 2. The van der Waals surface area contributed by atoms with Crippen LogP contribution in [-0.2, 0) is 10.4 Å². The van der Waals surface area contributed by atoms with Gasteiger partial charge in [0.15, 0.2) is 0 Å². The van der Waals surface area contributed by atoms with Gasteiger partial charge in [-0.15, -0.1) is 0 Å². The second-order valence-corrected chi connectivity index (χ2v) is 1.34. The van der Waals surface area contributed by atoms with E-state index in [1.807, 2.05) is 0 Å². The van der Waals surface area contributed by atoms with Gasteiger partial charge < -0.3 is 6.90 Å². The average Bonchev–Trinajstić information content (AvgIpc) is 0.722. The van der Waals surface area contributed by atoms with E-state index in [4.69, 9.17) is 17.5 Å². The van der Waals surface area contributed by atoms with E-state index in [2.05, 4.69) is 0 Å². The summed E-state index contributed by atoms with van der Waals surface area (Å²) in [6.07, 6.45) is 0. The molecule has 0 spiro atoms. The zero-order valence-electron chi connectivity index (χ0n) is 6.62. The van der Waals surface area contributed by atoms with Crippen LogP contribution in [0.2, 0.25) is 0 Å². The van der Waals surface area contributed by atoms with Crippen molar-refractivity contribution in [2.45, 2.75) is 0 Å². The first-order chi connectivity index (χ1) is 2.00. The first kappa shape index (κ1) is 15.7. The van der Waals surface area contributed by atoms with Crippen molar-refractivity contribution in [1.82, 2.24) is 0 Å². The van der Waals surface area contributed by atoms with Crippen LogP contribution in [0.5, 0.6) is 0 Å². The first-order valence-electron chi connectivity index (χ1n) is 0.698. The summed E-state index contributed by atoms with van der Waals surface area (Å²) in [7, 11) is -4.67. The van der Waals surface area contributed by atoms with Gasteiger partial charge in [0.05, 0.1) is 0 Å². The molecule has 0 aromatic rings. The van der Waals surface area contributed by atoms with Gasteiger partial charge in [0.2, 0.25) is 0 Å². The summed E-state index contributed by atoms with van der Waals surface area (Å²) < 4.78 is 31.6. The van der Waals surface area contributed by atoms with Crippen molar-refractivity contribution < 1.29 is 56.8 Å². The van der Waals surface area contributed by atoms with Crippen LogP contribution in [0.4, 0.5) is 0 Å². The van der Waals surface area contributed by atoms with E-state index in [-0.39, 0.29) is 39.3 Å². The molecule has 0 rings (SSSR count). The van der Waals surface area contributed by atoms with Gasteiger partial charge in [-0.25, -0.2) is 0 Å². The molecule has 0 saturated carbocycles. The maximum atomic E-state index is 8.74. The van der Waals surface area contributed by atoms with Gasteiger partial charge in [-0.1, -0.05) is 0 Å². The summed E-state index contributed by atoms with van der Waals surface area (Å²) in [6, 6.07) is 0. The van der Waals surface area contributed by atoms with Gasteiger partial charge in [-0.05, 0) is 0 Å². The van der Waals surface area contributed by atoms with Gasteiger partial charge in [-0.2, -0.15) is 8.42 Å². The van der Waals surface area contributed by atoms with E-state index < -0.39 is 10.4 Å². The van der Waals surface area contributed by atoms with E-state index >= 15 is 0 Å².